The number of aryl methyl sites for hydroxylation is 1. The van der Waals surface area contributed by atoms with E-state index in [0.29, 0.717) is 0 Å². The summed E-state index contributed by atoms with van der Waals surface area (Å²) in [7, 11) is 0. The molecule has 0 spiro atoms. The first kappa shape index (κ1) is 17.8. The highest BCUT2D eigenvalue weighted by Gasteiger charge is 2.22. The molecule has 1 aliphatic carbocycles. The van der Waals surface area contributed by atoms with Gasteiger partial charge in [0.05, 0.1) is 21.7 Å². The molecule has 1 amide bonds. The van der Waals surface area contributed by atoms with E-state index in [1.807, 2.05) is 18.2 Å². The Hall–Kier alpha value is -2.04. The molecule has 1 N–H and O–H groups in total. The average molecular weight is 378 g/mol. The molecule has 0 saturated heterocycles. The van der Waals surface area contributed by atoms with Crippen LogP contribution in [0.3, 0.4) is 0 Å². The Morgan fingerprint density at radius 3 is 2.76 bits per heavy atom. The third kappa shape index (κ3) is 4.14. The van der Waals surface area contributed by atoms with Crippen molar-refractivity contribution in [3.63, 3.8) is 0 Å². The topological polar surface area (TPSA) is 55.4 Å². The van der Waals surface area contributed by atoms with Gasteiger partial charge in [-0.15, -0.1) is 0 Å². The first-order valence-electron chi connectivity index (χ1n) is 8.04. The fourth-order valence-electron chi connectivity index (χ4n) is 3.01. The van der Waals surface area contributed by atoms with Gasteiger partial charge in [0.15, 0.2) is 6.61 Å². The summed E-state index contributed by atoms with van der Waals surface area (Å²) in [6.45, 7) is -0.361. The van der Waals surface area contributed by atoms with Crippen LogP contribution in [0.25, 0.3) is 0 Å². The highest BCUT2D eigenvalue weighted by atomic mass is 35.5. The van der Waals surface area contributed by atoms with Crippen LogP contribution in [-0.2, 0) is 16.0 Å². The lowest BCUT2D eigenvalue weighted by atomic mass is 9.88. The van der Waals surface area contributed by atoms with Crippen molar-refractivity contribution in [3.8, 4) is 0 Å². The second-order valence-corrected chi connectivity index (χ2v) is 6.67. The van der Waals surface area contributed by atoms with Crippen LogP contribution in [0.5, 0.6) is 0 Å². The van der Waals surface area contributed by atoms with E-state index in [1.165, 1.54) is 11.6 Å². The highest BCUT2D eigenvalue weighted by molar-refractivity contribution is 6.43. The van der Waals surface area contributed by atoms with Crippen LogP contribution in [0.1, 0.15) is 40.4 Å². The molecule has 4 nitrogen and oxygen atoms in total. The standard InChI is InChI=1S/C19H17Cl2NO3/c20-15-9-4-8-14(18(15)21)19(24)25-11-17(23)22-16-10-3-6-12-5-1-2-7-13(12)16/h1-2,4-5,7-9,16H,3,6,10-11H2,(H,22,23)/t16-/m1/s1. The molecule has 0 fully saturated rings. The van der Waals surface area contributed by atoms with Crippen molar-refractivity contribution >= 4 is 35.1 Å². The van der Waals surface area contributed by atoms with Crippen molar-refractivity contribution in [1.29, 1.82) is 0 Å². The minimum absolute atomic E-state index is 0.0501. The van der Waals surface area contributed by atoms with Crippen LogP contribution in [0.15, 0.2) is 42.5 Å². The fraction of sp³-hybridized carbons (Fsp3) is 0.263. The summed E-state index contributed by atoms with van der Waals surface area (Å²) in [5.41, 5.74) is 2.53. The van der Waals surface area contributed by atoms with Crippen LogP contribution >= 0.6 is 23.2 Å². The van der Waals surface area contributed by atoms with Crippen LogP contribution in [-0.4, -0.2) is 18.5 Å². The number of carbonyl (C=O) groups excluding carboxylic acids is 2. The zero-order valence-corrected chi connectivity index (χ0v) is 14.9. The number of esters is 1. The normalized spacial score (nSPS) is 16.0. The number of benzene rings is 2. The Labute approximate surface area is 156 Å². The van der Waals surface area contributed by atoms with Crippen LogP contribution in [0.2, 0.25) is 10.0 Å². The molecule has 2 aromatic rings. The zero-order chi connectivity index (χ0) is 17.8. The number of fused-ring (bicyclic) bond motifs is 1. The van der Waals surface area contributed by atoms with E-state index in [2.05, 4.69) is 11.4 Å². The number of nitrogens with one attached hydrogen (secondary N) is 1. The van der Waals surface area contributed by atoms with Gasteiger partial charge in [-0.2, -0.15) is 0 Å². The summed E-state index contributed by atoms with van der Waals surface area (Å²) in [6, 6.07) is 12.7. The van der Waals surface area contributed by atoms with Gasteiger partial charge in [-0.3, -0.25) is 4.79 Å². The average Bonchev–Trinajstić information content (AvgIpc) is 2.62. The summed E-state index contributed by atoms with van der Waals surface area (Å²) in [5, 5.41) is 3.32. The molecule has 130 valence electrons. The number of hydrogen-bond donors (Lipinski definition) is 1. The van der Waals surface area contributed by atoms with Gasteiger partial charge in [-0.05, 0) is 42.5 Å². The summed E-state index contributed by atoms with van der Waals surface area (Å²) >= 11 is 11.9. The molecule has 25 heavy (non-hydrogen) atoms. The summed E-state index contributed by atoms with van der Waals surface area (Å²) < 4.78 is 5.06. The molecule has 0 radical (unpaired) electrons. The van der Waals surface area contributed by atoms with Gasteiger partial charge in [0.2, 0.25) is 0 Å². The fourth-order valence-corrected chi connectivity index (χ4v) is 3.39. The van der Waals surface area contributed by atoms with Gasteiger partial charge in [-0.25, -0.2) is 4.79 Å². The summed E-state index contributed by atoms with van der Waals surface area (Å²) in [4.78, 5) is 24.2. The predicted molar refractivity (Wildman–Crippen MR) is 97.0 cm³/mol. The van der Waals surface area contributed by atoms with Crippen molar-refractivity contribution in [3.05, 3.63) is 69.2 Å². The van der Waals surface area contributed by atoms with E-state index in [4.69, 9.17) is 27.9 Å². The largest absolute Gasteiger partial charge is 0.452 e. The van der Waals surface area contributed by atoms with E-state index >= 15 is 0 Å². The van der Waals surface area contributed by atoms with E-state index in [-0.39, 0.29) is 34.2 Å². The third-order valence-electron chi connectivity index (χ3n) is 4.21. The molecule has 0 heterocycles. The minimum atomic E-state index is -0.674. The summed E-state index contributed by atoms with van der Waals surface area (Å²) in [6.07, 6.45) is 2.90. The molecule has 0 aliphatic heterocycles. The third-order valence-corrected chi connectivity index (χ3v) is 5.03. The van der Waals surface area contributed by atoms with Gasteiger partial charge in [0.25, 0.3) is 5.91 Å². The molecular weight excluding hydrogens is 361 g/mol. The number of amides is 1. The van der Waals surface area contributed by atoms with E-state index < -0.39 is 5.97 Å². The molecule has 0 saturated carbocycles. The molecular formula is C19H17Cl2NO3. The predicted octanol–water partition coefficient (Wildman–Crippen LogP) is 4.34. The zero-order valence-electron chi connectivity index (χ0n) is 13.4. The number of rotatable bonds is 4. The number of hydrogen-bond acceptors (Lipinski definition) is 3. The van der Waals surface area contributed by atoms with Crippen molar-refractivity contribution < 1.29 is 14.3 Å². The molecule has 6 heteroatoms. The maximum atomic E-state index is 12.2. The van der Waals surface area contributed by atoms with E-state index in [0.717, 1.165) is 24.8 Å². The van der Waals surface area contributed by atoms with Gasteiger partial charge in [0.1, 0.15) is 0 Å². The minimum Gasteiger partial charge on any atom is -0.452 e. The molecule has 1 atom stereocenters. The Bertz CT molecular complexity index is 807. The maximum absolute atomic E-state index is 12.2. The van der Waals surface area contributed by atoms with Gasteiger partial charge in [0, 0.05) is 0 Å². The van der Waals surface area contributed by atoms with Crippen LogP contribution in [0.4, 0.5) is 0 Å². The first-order valence-corrected chi connectivity index (χ1v) is 8.80. The number of halogens is 2. The lowest BCUT2D eigenvalue weighted by Crippen LogP contribution is -2.34. The Balaban J connectivity index is 1.59. The molecule has 0 unspecified atom stereocenters. The first-order chi connectivity index (χ1) is 12.1. The van der Waals surface area contributed by atoms with Gasteiger partial charge in [-0.1, -0.05) is 53.5 Å². The lowest BCUT2D eigenvalue weighted by Gasteiger charge is -2.26. The number of carbonyl (C=O) groups is 2. The smallest absolute Gasteiger partial charge is 0.340 e. The van der Waals surface area contributed by atoms with Gasteiger partial charge >= 0.3 is 5.97 Å². The monoisotopic (exact) mass is 377 g/mol. The summed E-state index contributed by atoms with van der Waals surface area (Å²) in [5.74, 6) is -1.01. The van der Waals surface area contributed by atoms with E-state index in [9.17, 15) is 9.59 Å². The molecule has 2 aromatic carbocycles. The second kappa shape index (κ2) is 7.89. The lowest BCUT2D eigenvalue weighted by molar-refractivity contribution is -0.125. The quantitative estimate of drug-likeness (QED) is 0.806. The Morgan fingerprint density at radius 1 is 1.12 bits per heavy atom. The highest BCUT2D eigenvalue weighted by Crippen LogP contribution is 2.29. The molecule has 0 aromatic heterocycles. The van der Waals surface area contributed by atoms with E-state index in [1.54, 1.807) is 12.1 Å². The van der Waals surface area contributed by atoms with Gasteiger partial charge < -0.3 is 10.1 Å². The number of ether oxygens (including phenoxy) is 1. The van der Waals surface area contributed by atoms with Crippen molar-refractivity contribution in [2.24, 2.45) is 0 Å². The molecule has 1 aliphatic rings. The van der Waals surface area contributed by atoms with Crippen LogP contribution in [0, 0.1) is 0 Å². The second-order valence-electron chi connectivity index (χ2n) is 5.89. The van der Waals surface area contributed by atoms with Crippen LogP contribution < -0.4 is 5.32 Å². The molecule has 0 bridgehead atoms. The SMILES string of the molecule is O=C(COC(=O)c1cccc(Cl)c1Cl)N[C@@H]1CCCc2ccccc21. The van der Waals surface area contributed by atoms with Crippen molar-refractivity contribution in [2.75, 3.05) is 6.61 Å². The van der Waals surface area contributed by atoms with Crippen molar-refractivity contribution in [2.45, 2.75) is 25.3 Å². The maximum Gasteiger partial charge on any atom is 0.340 e. The Kier molecular flexibility index (Phi) is 5.61. The Morgan fingerprint density at radius 2 is 1.92 bits per heavy atom. The molecule has 3 rings (SSSR count). The van der Waals surface area contributed by atoms with Crippen molar-refractivity contribution in [1.82, 2.24) is 5.32 Å².